The van der Waals surface area contributed by atoms with Crippen LogP contribution in [0.3, 0.4) is 0 Å². The third kappa shape index (κ3) is 4.72. The van der Waals surface area contributed by atoms with Crippen molar-refractivity contribution >= 4 is 27.5 Å². The first-order valence-corrected chi connectivity index (χ1v) is 12.2. The smallest absolute Gasteiger partial charge is 0.242 e. The first kappa shape index (κ1) is 23.5. The maximum Gasteiger partial charge on any atom is 0.242 e. The number of hydrogen-bond donors (Lipinski definition) is 1. The molecule has 0 radical (unpaired) electrons. The zero-order chi connectivity index (χ0) is 22.9. The minimum Gasteiger partial charge on any atom is -0.495 e. The van der Waals surface area contributed by atoms with Gasteiger partial charge in [0, 0.05) is 33.1 Å². The molecule has 0 spiro atoms. The topological polar surface area (TPSA) is 96.0 Å². The molecule has 31 heavy (non-hydrogen) atoms. The largest absolute Gasteiger partial charge is 0.495 e. The molecule has 0 aromatic heterocycles. The monoisotopic (exact) mass is 451 g/mol. The van der Waals surface area contributed by atoms with E-state index in [1.807, 2.05) is 4.90 Å². The fourth-order valence-electron chi connectivity index (χ4n) is 4.61. The van der Waals surface area contributed by atoms with Crippen molar-refractivity contribution in [3.63, 3.8) is 0 Å². The van der Waals surface area contributed by atoms with Crippen LogP contribution in [0.1, 0.15) is 39.5 Å². The molecule has 3 rings (SSSR count). The molecule has 1 saturated heterocycles. The predicted octanol–water partition coefficient (Wildman–Crippen LogP) is 2.56. The van der Waals surface area contributed by atoms with Crippen LogP contribution in [-0.2, 0) is 19.6 Å². The van der Waals surface area contributed by atoms with Gasteiger partial charge in [0.1, 0.15) is 5.75 Å². The number of ether oxygens (including phenoxy) is 1. The molecule has 9 heteroatoms. The van der Waals surface area contributed by atoms with Crippen molar-refractivity contribution in [3.8, 4) is 5.75 Å². The third-order valence-corrected chi connectivity index (χ3v) is 8.61. The van der Waals surface area contributed by atoms with E-state index in [2.05, 4.69) is 19.2 Å². The minimum atomic E-state index is -3.66. The SMILES string of the molecule is COc1ccc(S(=O)(=O)N(C)C)cc1NC(=O)C1CC(=O)N(C2CCCC(C)C2C)C1. The van der Waals surface area contributed by atoms with Gasteiger partial charge in [-0.05, 0) is 36.5 Å². The lowest BCUT2D eigenvalue weighted by Crippen LogP contribution is -2.45. The second kappa shape index (κ2) is 9.16. The quantitative estimate of drug-likeness (QED) is 0.717. The molecule has 2 fully saturated rings. The van der Waals surface area contributed by atoms with Gasteiger partial charge in [-0.3, -0.25) is 9.59 Å². The number of likely N-dealkylation sites (tertiary alicyclic amines) is 1. The van der Waals surface area contributed by atoms with Crippen molar-refractivity contribution in [3.05, 3.63) is 18.2 Å². The van der Waals surface area contributed by atoms with Gasteiger partial charge in [-0.1, -0.05) is 26.7 Å². The molecule has 1 aliphatic heterocycles. The highest BCUT2D eigenvalue weighted by atomic mass is 32.2. The first-order valence-electron chi connectivity index (χ1n) is 10.8. The van der Waals surface area contributed by atoms with Gasteiger partial charge in [-0.2, -0.15) is 0 Å². The van der Waals surface area contributed by atoms with Crippen molar-refractivity contribution in [2.24, 2.45) is 17.8 Å². The number of methoxy groups -OCH3 is 1. The lowest BCUT2D eigenvalue weighted by atomic mass is 9.77. The normalized spacial score (nSPS) is 26.9. The summed E-state index contributed by atoms with van der Waals surface area (Å²) in [6.07, 6.45) is 3.42. The zero-order valence-electron chi connectivity index (χ0n) is 18.9. The van der Waals surface area contributed by atoms with Gasteiger partial charge < -0.3 is 15.0 Å². The summed E-state index contributed by atoms with van der Waals surface area (Å²) in [4.78, 5) is 27.6. The Morgan fingerprint density at radius 1 is 1.23 bits per heavy atom. The van der Waals surface area contributed by atoms with E-state index >= 15 is 0 Å². The molecule has 1 aliphatic carbocycles. The maximum atomic E-state index is 13.0. The first-order chi connectivity index (χ1) is 14.6. The standard InChI is InChI=1S/C22H33N3O5S/c1-14-7-6-8-19(15(14)2)25-13-16(11-21(25)26)22(27)23-18-12-17(9-10-20(18)30-5)31(28,29)24(3)4/h9-10,12,14-16,19H,6-8,11,13H2,1-5H3,(H,23,27). The van der Waals surface area contributed by atoms with Gasteiger partial charge >= 0.3 is 0 Å². The average Bonchev–Trinajstić information content (AvgIpc) is 3.11. The Hall–Kier alpha value is -2.13. The Kier molecular flexibility index (Phi) is 6.95. The fourth-order valence-corrected chi connectivity index (χ4v) is 5.54. The Balaban J connectivity index is 1.77. The molecule has 2 amide bonds. The van der Waals surface area contributed by atoms with Gasteiger partial charge in [-0.25, -0.2) is 12.7 Å². The van der Waals surface area contributed by atoms with Crippen LogP contribution >= 0.6 is 0 Å². The lowest BCUT2D eigenvalue weighted by Gasteiger charge is -2.40. The van der Waals surface area contributed by atoms with Crippen LogP contribution in [0.4, 0.5) is 5.69 Å². The number of carbonyl (C=O) groups is 2. The van der Waals surface area contributed by atoms with Crippen molar-refractivity contribution in [1.29, 1.82) is 0 Å². The van der Waals surface area contributed by atoms with E-state index < -0.39 is 15.9 Å². The number of anilines is 1. The van der Waals surface area contributed by atoms with Crippen LogP contribution in [-0.4, -0.2) is 63.2 Å². The molecule has 1 aromatic carbocycles. The number of hydrogen-bond acceptors (Lipinski definition) is 5. The average molecular weight is 452 g/mol. The molecule has 1 saturated carbocycles. The number of sulfonamides is 1. The predicted molar refractivity (Wildman–Crippen MR) is 118 cm³/mol. The van der Waals surface area contributed by atoms with Crippen LogP contribution in [0.25, 0.3) is 0 Å². The molecule has 2 aliphatic rings. The Labute approximate surface area is 185 Å². The summed E-state index contributed by atoms with van der Waals surface area (Å²) in [5, 5.41) is 2.79. The van der Waals surface area contributed by atoms with E-state index in [0.717, 1.165) is 17.1 Å². The van der Waals surface area contributed by atoms with E-state index in [4.69, 9.17) is 4.74 Å². The molecule has 1 aromatic rings. The number of amides is 2. The van der Waals surface area contributed by atoms with Crippen LogP contribution in [0, 0.1) is 17.8 Å². The molecular formula is C22H33N3O5S. The van der Waals surface area contributed by atoms with Gasteiger partial charge in [-0.15, -0.1) is 0 Å². The Bertz CT molecular complexity index is 946. The number of carbonyl (C=O) groups excluding carboxylic acids is 2. The van der Waals surface area contributed by atoms with E-state index in [0.29, 0.717) is 24.1 Å². The van der Waals surface area contributed by atoms with Crippen molar-refractivity contribution < 1.29 is 22.7 Å². The summed E-state index contributed by atoms with van der Waals surface area (Å²) >= 11 is 0. The van der Waals surface area contributed by atoms with Crippen LogP contribution in [0.2, 0.25) is 0 Å². The molecule has 0 bridgehead atoms. The van der Waals surface area contributed by atoms with E-state index in [1.165, 1.54) is 45.8 Å². The zero-order valence-corrected chi connectivity index (χ0v) is 19.7. The van der Waals surface area contributed by atoms with E-state index in [-0.39, 0.29) is 34.9 Å². The van der Waals surface area contributed by atoms with Gasteiger partial charge in [0.25, 0.3) is 0 Å². The number of nitrogens with one attached hydrogen (secondary N) is 1. The second-order valence-corrected chi connectivity index (χ2v) is 11.1. The summed E-state index contributed by atoms with van der Waals surface area (Å²) < 4.78 is 31.3. The van der Waals surface area contributed by atoms with Gasteiger partial charge in [0.2, 0.25) is 21.8 Å². The van der Waals surface area contributed by atoms with Crippen LogP contribution < -0.4 is 10.1 Å². The van der Waals surface area contributed by atoms with Crippen molar-refractivity contribution in [2.45, 2.75) is 50.5 Å². The highest BCUT2D eigenvalue weighted by molar-refractivity contribution is 7.89. The van der Waals surface area contributed by atoms with Crippen LogP contribution in [0.15, 0.2) is 23.1 Å². The minimum absolute atomic E-state index is 0.0157. The number of benzene rings is 1. The molecule has 1 N–H and O–H groups in total. The summed E-state index contributed by atoms with van der Waals surface area (Å²) in [7, 11) is 0.694. The van der Waals surface area contributed by atoms with Crippen molar-refractivity contribution in [1.82, 2.24) is 9.21 Å². The molecule has 8 nitrogen and oxygen atoms in total. The Morgan fingerprint density at radius 3 is 2.58 bits per heavy atom. The molecule has 172 valence electrons. The highest BCUT2D eigenvalue weighted by Gasteiger charge is 2.41. The Morgan fingerprint density at radius 2 is 1.94 bits per heavy atom. The van der Waals surface area contributed by atoms with Crippen LogP contribution in [0.5, 0.6) is 5.75 Å². The lowest BCUT2D eigenvalue weighted by molar-refractivity contribution is -0.131. The van der Waals surface area contributed by atoms with E-state index in [1.54, 1.807) is 0 Å². The molecule has 1 heterocycles. The molecule has 4 atom stereocenters. The fraction of sp³-hybridized carbons (Fsp3) is 0.636. The summed E-state index contributed by atoms with van der Waals surface area (Å²) in [6.45, 7) is 4.81. The second-order valence-electron chi connectivity index (χ2n) is 8.92. The van der Waals surface area contributed by atoms with E-state index in [9.17, 15) is 18.0 Å². The summed E-state index contributed by atoms with van der Waals surface area (Å²) in [5.74, 6) is 0.572. The van der Waals surface area contributed by atoms with Gasteiger partial charge in [0.15, 0.2) is 0 Å². The van der Waals surface area contributed by atoms with Gasteiger partial charge in [0.05, 0.1) is 23.6 Å². The highest BCUT2D eigenvalue weighted by Crippen LogP contribution is 2.36. The number of rotatable bonds is 6. The molecule has 4 unspecified atom stereocenters. The molecular weight excluding hydrogens is 418 g/mol. The maximum absolute atomic E-state index is 13.0. The number of nitrogens with zero attached hydrogens (tertiary/aromatic N) is 2. The van der Waals surface area contributed by atoms with Crippen molar-refractivity contribution in [2.75, 3.05) is 33.1 Å². The summed E-state index contributed by atoms with van der Waals surface area (Å²) in [5.41, 5.74) is 0.279. The third-order valence-electron chi connectivity index (χ3n) is 6.80. The summed E-state index contributed by atoms with van der Waals surface area (Å²) in [6, 6.07) is 4.53.